The van der Waals surface area contributed by atoms with E-state index in [1.165, 1.54) is 18.9 Å². The molecule has 40 heavy (non-hydrogen) atoms. The summed E-state index contributed by atoms with van der Waals surface area (Å²) in [4.78, 5) is 29.3. The molecule has 208 valence electrons. The van der Waals surface area contributed by atoms with Crippen molar-refractivity contribution in [1.29, 1.82) is 0 Å². The third kappa shape index (κ3) is 5.06. The fourth-order valence-electron chi connectivity index (χ4n) is 6.03. The fraction of sp³-hybridized carbons (Fsp3) is 0.414. The van der Waals surface area contributed by atoms with Crippen molar-refractivity contribution < 1.29 is 13.6 Å². The van der Waals surface area contributed by atoms with E-state index in [0.29, 0.717) is 46.9 Å². The Kier molecular flexibility index (Phi) is 7.01. The predicted octanol–water partition coefficient (Wildman–Crippen LogP) is 4.64. The zero-order chi connectivity index (χ0) is 28.0. The summed E-state index contributed by atoms with van der Waals surface area (Å²) in [6, 6.07) is 7.53. The van der Waals surface area contributed by atoms with E-state index in [-0.39, 0.29) is 34.8 Å². The molecule has 1 aromatic carbocycles. The van der Waals surface area contributed by atoms with E-state index < -0.39 is 11.6 Å². The molecule has 6 rings (SSSR count). The van der Waals surface area contributed by atoms with E-state index in [1.54, 1.807) is 18.2 Å². The van der Waals surface area contributed by atoms with Gasteiger partial charge in [-0.05, 0) is 64.3 Å². The molecule has 2 saturated heterocycles. The number of rotatable bonds is 7. The maximum atomic E-state index is 15.0. The van der Waals surface area contributed by atoms with Crippen LogP contribution < -0.4 is 16.0 Å². The normalized spacial score (nSPS) is 20.7. The number of nitrogens with one attached hydrogen (secondary N) is 3. The molecule has 2 bridgehead atoms. The summed E-state index contributed by atoms with van der Waals surface area (Å²) in [7, 11) is 0. The first kappa shape index (κ1) is 26.4. The Balaban J connectivity index is 1.29. The fourth-order valence-corrected chi connectivity index (χ4v) is 6.03. The summed E-state index contributed by atoms with van der Waals surface area (Å²) < 4.78 is 31.9. The summed E-state index contributed by atoms with van der Waals surface area (Å²) in [5, 5.41) is 10.3. The van der Waals surface area contributed by atoms with Crippen LogP contribution in [0.1, 0.15) is 61.0 Å². The lowest BCUT2D eigenvalue weighted by molar-refractivity contribution is 0.112. The maximum absolute atomic E-state index is 15.0. The van der Waals surface area contributed by atoms with Crippen LogP contribution in [0, 0.1) is 18.6 Å². The van der Waals surface area contributed by atoms with E-state index in [4.69, 9.17) is 4.98 Å². The number of hydrogen-bond donors (Lipinski definition) is 3. The molecule has 0 saturated carbocycles. The second-order valence-electron chi connectivity index (χ2n) is 11.0. The third-order valence-corrected chi connectivity index (χ3v) is 7.83. The highest BCUT2D eigenvalue weighted by Crippen LogP contribution is 2.30. The Hall–Kier alpha value is -3.83. The predicted molar refractivity (Wildman–Crippen MR) is 149 cm³/mol. The summed E-state index contributed by atoms with van der Waals surface area (Å²) in [5.41, 5.74) is 2.24. The minimum Gasteiger partial charge on any atom is -0.326 e. The second-order valence-corrected chi connectivity index (χ2v) is 11.0. The monoisotopic (exact) mass is 546 g/mol. The van der Waals surface area contributed by atoms with Crippen molar-refractivity contribution >= 4 is 29.1 Å². The van der Waals surface area contributed by atoms with Gasteiger partial charge >= 0.3 is 0 Å². The number of aryl methyl sites for hydroxylation is 1. The van der Waals surface area contributed by atoms with Crippen LogP contribution in [-0.2, 0) is 6.42 Å². The Labute approximate surface area is 230 Å². The number of carbonyl (C=O) groups is 1. The number of aldehydes is 1. The van der Waals surface area contributed by atoms with Crippen LogP contribution in [0.4, 0.5) is 20.5 Å². The molecule has 9 nitrogen and oxygen atoms in total. The smallest absolute Gasteiger partial charge is 0.229 e. The van der Waals surface area contributed by atoms with Gasteiger partial charge in [0.1, 0.15) is 22.9 Å². The lowest BCUT2D eigenvalue weighted by Gasteiger charge is -2.21. The van der Waals surface area contributed by atoms with Gasteiger partial charge in [-0.15, -0.1) is 0 Å². The highest BCUT2D eigenvalue weighted by atomic mass is 19.1. The minimum absolute atomic E-state index is 0.0394. The first-order valence-electron chi connectivity index (χ1n) is 13.7. The van der Waals surface area contributed by atoms with E-state index in [0.717, 1.165) is 25.4 Å². The van der Waals surface area contributed by atoms with E-state index >= 15 is 4.39 Å². The van der Waals surface area contributed by atoms with Crippen molar-refractivity contribution in [2.75, 3.05) is 11.9 Å². The minimum atomic E-state index is -0.677. The van der Waals surface area contributed by atoms with Crippen LogP contribution in [0.15, 0.2) is 30.5 Å². The number of aromatic nitrogens is 5. The van der Waals surface area contributed by atoms with Crippen LogP contribution in [0.5, 0.6) is 0 Å². The highest BCUT2D eigenvalue weighted by molar-refractivity contribution is 5.83. The topological polar surface area (TPSA) is 110 Å². The first-order chi connectivity index (χ1) is 19.3. The van der Waals surface area contributed by atoms with E-state index in [9.17, 15) is 9.18 Å². The average Bonchev–Trinajstić information content (AvgIpc) is 3.45. The number of halogens is 2. The summed E-state index contributed by atoms with van der Waals surface area (Å²) in [5.74, 6) is -0.00814. The number of anilines is 2. The van der Waals surface area contributed by atoms with Crippen LogP contribution in [0.3, 0.4) is 0 Å². The van der Waals surface area contributed by atoms with Gasteiger partial charge in [0.15, 0.2) is 17.9 Å². The second kappa shape index (κ2) is 10.6. The van der Waals surface area contributed by atoms with Crippen molar-refractivity contribution in [2.24, 2.45) is 0 Å². The molecule has 0 aliphatic carbocycles. The van der Waals surface area contributed by atoms with Gasteiger partial charge < -0.3 is 20.5 Å². The Morgan fingerprint density at radius 1 is 1.12 bits per heavy atom. The number of hydrogen-bond acceptors (Lipinski definition) is 8. The van der Waals surface area contributed by atoms with Crippen molar-refractivity contribution in [2.45, 2.75) is 70.6 Å². The molecule has 11 heteroatoms. The van der Waals surface area contributed by atoms with Gasteiger partial charge in [0, 0.05) is 48.3 Å². The van der Waals surface area contributed by atoms with Crippen molar-refractivity contribution in [1.82, 2.24) is 35.1 Å². The molecule has 2 aliphatic rings. The van der Waals surface area contributed by atoms with Crippen molar-refractivity contribution in [3.8, 4) is 11.3 Å². The molecule has 3 atom stereocenters. The van der Waals surface area contributed by atoms with Gasteiger partial charge in [-0.25, -0.2) is 28.7 Å². The highest BCUT2D eigenvalue weighted by Gasteiger charge is 2.30. The van der Waals surface area contributed by atoms with Gasteiger partial charge in [-0.1, -0.05) is 0 Å². The van der Waals surface area contributed by atoms with Crippen LogP contribution in [0.25, 0.3) is 22.3 Å². The summed E-state index contributed by atoms with van der Waals surface area (Å²) in [6.07, 6.45) is 5.78. The zero-order valence-electron chi connectivity index (χ0n) is 22.7. The van der Waals surface area contributed by atoms with Crippen LogP contribution >= 0.6 is 0 Å². The van der Waals surface area contributed by atoms with E-state index in [2.05, 4.69) is 30.9 Å². The molecule has 2 aliphatic heterocycles. The summed E-state index contributed by atoms with van der Waals surface area (Å²) >= 11 is 0. The Morgan fingerprint density at radius 3 is 2.75 bits per heavy atom. The Morgan fingerprint density at radius 2 is 1.95 bits per heavy atom. The largest absolute Gasteiger partial charge is 0.326 e. The quantitative estimate of drug-likeness (QED) is 0.288. The lowest BCUT2D eigenvalue weighted by Crippen LogP contribution is -2.36. The lowest BCUT2D eigenvalue weighted by atomic mass is 9.98. The van der Waals surface area contributed by atoms with Gasteiger partial charge in [-0.2, -0.15) is 0 Å². The molecule has 4 aromatic rings. The molecular weight excluding hydrogens is 514 g/mol. The molecule has 3 unspecified atom stereocenters. The average molecular weight is 547 g/mol. The van der Waals surface area contributed by atoms with Crippen molar-refractivity contribution in [3.05, 3.63) is 59.2 Å². The number of fused-ring (bicyclic) bond motifs is 3. The van der Waals surface area contributed by atoms with Crippen LogP contribution in [0.2, 0.25) is 0 Å². The van der Waals surface area contributed by atoms with Gasteiger partial charge in [0.05, 0.1) is 17.4 Å². The number of benzene rings is 1. The molecule has 2 fully saturated rings. The summed E-state index contributed by atoms with van der Waals surface area (Å²) in [6.45, 7) is 6.67. The van der Waals surface area contributed by atoms with Crippen molar-refractivity contribution in [3.63, 3.8) is 0 Å². The van der Waals surface area contributed by atoms with Crippen LogP contribution in [-0.4, -0.2) is 55.5 Å². The molecule has 0 spiro atoms. The number of carbonyl (C=O) groups excluding carboxylic acids is 1. The molecular formula is C29H32F2N8O. The molecule has 0 radical (unpaired) electrons. The first-order valence-corrected chi connectivity index (χ1v) is 13.7. The van der Waals surface area contributed by atoms with Gasteiger partial charge in [0.25, 0.3) is 0 Å². The number of nitrogens with zero attached hydrogens (tertiary/aromatic N) is 5. The number of imidazole rings is 1. The zero-order valence-corrected chi connectivity index (χ0v) is 22.7. The Bertz CT molecular complexity index is 1590. The SMILES string of the molecule is Cc1nc2c(F)cc(-c3nc(Nc4ccc(C=O)c(CC5CC6CCC(CN5)N6)n4)ncc3F)cc2n1C(C)C. The van der Waals surface area contributed by atoms with E-state index in [1.807, 2.05) is 25.3 Å². The molecule has 3 aromatic heterocycles. The maximum Gasteiger partial charge on any atom is 0.229 e. The molecule has 3 N–H and O–H groups in total. The van der Waals surface area contributed by atoms with Gasteiger partial charge in [0.2, 0.25) is 5.95 Å². The molecule has 5 heterocycles. The standard InChI is InChI=1S/C29H32F2N8O/c1-15(2)39-16(3)34-28-22(30)8-18(9-25(28)39)27-23(31)13-33-29(38-27)37-26-7-4-17(14-40)24(36-26)11-21-10-19-5-6-20(35-19)12-32-21/h4,7-9,13-15,19-21,32,35H,5-6,10-12H2,1-3H3,(H,33,36,37,38). The molecule has 0 amide bonds. The number of pyridine rings is 1. The van der Waals surface area contributed by atoms with Gasteiger partial charge in [-0.3, -0.25) is 4.79 Å². The third-order valence-electron chi connectivity index (χ3n) is 7.83.